The van der Waals surface area contributed by atoms with Gasteiger partial charge in [-0.15, -0.1) is 0 Å². The summed E-state index contributed by atoms with van der Waals surface area (Å²) in [6, 6.07) is 0. The highest BCUT2D eigenvalue weighted by Gasteiger charge is 2.22. The van der Waals surface area contributed by atoms with E-state index in [0.717, 1.165) is 12.8 Å². The van der Waals surface area contributed by atoms with Crippen LogP contribution in [-0.2, 0) is 14.6 Å². The number of hydrogen-bond acceptors (Lipinski definition) is 3. The fourth-order valence-electron chi connectivity index (χ4n) is 3.12. The minimum Gasteiger partial charge on any atom is -0.479 e. The van der Waals surface area contributed by atoms with Crippen molar-refractivity contribution in [1.29, 1.82) is 0 Å². The number of carbonyl (C=O) groups is 1. The summed E-state index contributed by atoms with van der Waals surface area (Å²) < 4.78 is 0. The number of aliphatic carboxylic acids is 1. The Hall–Kier alpha value is -0.610. The molecule has 0 aromatic rings. The fraction of sp³-hybridized carbons (Fsp3) is 0.957. The summed E-state index contributed by atoms with van der Waals surface area (Å²) in [7, 11) is 0. The maximum Gasteiger partial charge on any atom is 0.336 e. The van der Waals surface area contributed by atoms with Gasteiger partial charge in [-0.05, 0) is 27.2 Å². The van der Waals surface area contributed by atoms with Crippen LogP contribution in [0.15, 0.2) is 0 Å². The first kappa shape index (κ1) is 26.4. The monoisotopic (exact) mass is 386 g/mol. The van der Waals surface area contributed by atoms with Gasteiger partial charge >= 0.3 is 5.97 Å². The average Bonchev–Trinajstić information content (AvgIpc) is 2.59. The average molecular weight is 387 g/mol. The van der Waals surface area contributed by atoms with Gasteiger partial charge in [0.2, 0.25) is 0 Å². The summed E-state index contributed by atoms with van der Waals surface area (Å²) in [6.07, 6.45) is 19.3. The molecule has 27 heavy (non-hydrogen) atoms. The molecular weight excluding hydrogens is 340 g/mol. The van der Waals surface area contributed by atoms with E-state index in [1.54, 1.807) is 0 Å². The second-order valence-corrected chi connectivity index (χ2v) is 8.86. The molecule has 162 valence electrons. The lowest BCUT2D eigenvalue weighted by Crippen LogP contribution is -2.29. The third kappa shape index (κ3) is 19.9. The molecule has 1 atom stereocenters. The molecule has 0 bridgehead atoms. The van der Waals surface area contributed by atoms with E-state index in [4.69, 9.17) is 9.78 Å². The van der Waals surface area contributed by atoms with Gasteiger partial charge in [0, 0.05) is 0 Å². The van der Waals surface area contributed by atoms with E-state index in [-0.39, 0.29) is 0 Å². The number of rotatable bonds is 19. The summed E-state index contributed by atoms with van der Waals surface area (Å²) >= 11 is 0. The molecule has 0 aromatic carbocycles. The molecule has 4 heteroatoms. The van der Waals surface area contributed by atoms with Crippen molar-refractivity contribution >= 4 is 5.97 Å². The van der Waals surface area contributed by atoms with Gasteiger partial charge < -0.3 is 5.11 Å². The molecule has 0 spiro atoms. The molecule has 1 N–H and O–H groups in total. The molecule has 0 amide bonds. The van der Waals surface area contributed by atoms with Crippen molar-refractivity contribution in [2.45, 2.75) is 142 Å². The highest BCUT2D eigenvalue weighted by molar-refractivity contribution is 5.72. The van der Waals surface area contributed by atoms with Gasteiger partial charge in [0.1, 0.15) is 0 Å². The molecule has 1 unspecified atom stereocenters. The van der Waals surface area contributed by atoms with Crippen molar-refractivity contribution in [3.8, 4) is 0 Å². The quantitative estimate of drug-likeness (QED) is 0.142. The number of hydrogen-bond donors (Lipinski definition) is 1. The molecule has 0 saturated carbocycles. The van der Waals surface area contributed by atoms with Gasteiger partial charge in [-0.2, -0.15) is 0 Å². The van der Waals surface area contributed by atoms with E-state index >= 15 is 0 Å². The lowest BCUT2D eigenvalue weighted by atomic mass is 10.0. The van der Waals surface area contributed by atoms with E-state index in [0.29, 0.717) is 6.42 Å². The predicted molar refractivity (Wildman–Crippen MR) is 113 cm³/mol. The Balaban J connectivity index is 3.39. The third-order valence-electron chi connectivity index (χ3n) is 4.76. The minimum atomic E-state index is -0.940. The standard InChI is InChI=1S/C23H46O4/c1-5-6-7-8-9-10-11-12-13-14-15-16-17-18-19-20-21(22(24)25)26-27-23(2,3)4/h21H,5-20H2,1-4H3,(H,24,25). The molecule has 0 fully saturated rings. The zero-order chi connectivity index (χ0) is 20.4. The molecule has 0 saturated heterocycles. The molecular formula is C23H46O4. The Morgan fingerprint density at radius 1 is 0.741 bits per heavy atom. The van der Waals surface area contributed by atoms with Crippen LogP contribution < -0.4 is 0 Å². The van der Waals surface area contributed by atoms with Crippen molar-refractivity contribution in [1.82, 2.24) is 0 Å². The Labute approximate surface area is 168 Å². The smallest absolute Gasteiger partial charge is 0.336 e. The van der Waals surface area contributed by atoms with Crippen LogP contribution in [0.4, 0.5) is 0 Å². The van der Waals surface area contributed by atoms with Gasteiger partial charge in [0.25, 0.3) is 0 Å². The molecule has 0 aliphatic carbocycles. The first-order valence-corrected chi connectivity index (χ1v) is 11.4. The summed E-state index contributed by atoms with van der Waals surface area (Å²) in [5.74, 6) is -0.940. The van der Waals surface area contributed by atoms with Crippen LogP contribution in [0.2, 0.25) is 0 Å². The summed E-state index contributed by atoms with van der Waals surface area (Å²) in [5, 5.41) is 9.18. The molecule has 4 nitrogen and oxygen atoms in total. The maximum absolute atomic E-state index is 11.2. The van der Waals surface area contributed by atoms with Gasteiger partial charge in [-0.25, -0.2) is 14.6 Å². The van der Waals surface area contributed by atoms with E-state index in [2.05, 4.69) is 6.92 Å². The molecule has 0 aliphatic heterocycles. The topological polar surface area (TPSA) is 55.8 Å². The first-order chi connectivity index (χ1) is 12.9. The SMILES string of the molecule is CCCCCCCCCCCCCCCCCC(OOC(C)(C)C)C(=O)O. The van der Waals surface area contributed by atoms with Crippen LogP contribution in [0.3, 0.4) is 0 Å². The highest BCUT2D eigenvalue weighted by Crippen LogP contribution is 2.16. The number of carboxylic acids is 1. The lowest BCUT2D eigenvalue weighted by molar-refractivity contribution is -0.368. The van der Waals surface area contributed by atoms with Crippen molar-refractivity contribution < 1.29 is 19.7 Å². The van der Waals surface area contributed by atoms with Crippen molar-refractivity contribution in [3.05, 3.63) is 0 Å². The van der Waals surface area contributed by atoms with Crippen molar-refractivity contribution in [3.63, 3.8) is 0 Å². The predicted octanol–water partition coefficient (Wildman–Crippen LogP) is 7.45. The number of unbranched alkanes of at least 4 members (excludes halogenated alkanes) is 14. The van der Waals surface area contributed by atoms with E-state index < -0.39 is 17.7 Å². The zero-order valence-electron chi connectivity index (χ0n) is 18.6. The van der Waals surface area contributed by atoms with E-state index in [1.807, 2.05) is 20.8 Å². The van der Waals surface area contributed by atoms with Crippen LogP contribution in [-0.4, -0.2) is 22.8 Å². The Bertz CT molecular complexity index is 336. The first-order valence-electron chi connectivity index (χ1n) is 11.4. The zero-order valence-corrected chi connectivity index (χ0v) is 18.6. The van der Waals surface area contributed by atoms with Crippen LogP contribution in [0.1, 0.15) is 130 Å². The molecule has 0 aromatic heterocycles. The Morgan fingerprint density at radius 3 is 1.44 bits per heavy atom. The molecule has 0 heterocycles. The highest BCUT2D eigenvalue weighted by atomic mass is 17.2. The second kappa shape index (κ2) is 17.5. The largest absolute Gasteiger partial charge is 0.479 e. The van der Waals surface area contributed by atoms with E-state index in [1.165, 1.54) is 83.5 Å². The van der Waals surface area contributed by atoms with Crippen molar-refractivity contribution in [2.24, 2.45) is 0 Å². The Kier molecular flexibility index (Phi) is 17.1. The third-order valence-corrected chi connectivity index (χ3v) is 4.76. The van der Waals surface area contributed by atoms with Crippen LogP contribution in [0.25, 0.3) is 0 Å². The normalized spacial score (nSPS) is 13.0. The second-order valence-electron chi connectivity index (χ2n) is 8.86. The summed E-state index contributed by atoms with van der Waals surface area (Å²) in [4.78, 5) is 21.4. The molecule has 0 rings (SSSR count). The summed E-state index contributed by atoms with van der Waals surface area (Å²) in [6.45, 7) is 7.81. The number of carboxylic acid groups (broad SMARTS) is 1. The Morgan fingerprint density at radius 2 is 1.11 bits per heavy atom. The van der Waals surface area contributed by atoms with Gasteiger partial charge in [0.05, 0.1) is 5.60 Å². The lowest BCUT2D eigenvalue weighted by Gasteiger charge is -2.21. The summed E-state index contributed by atoms with van der Waals surface area (Å²) in [5.41, 5.74) is -0.483. The van der Waals surface area contributed by atoms with E-state index in [9.17, 15) is 9.90 Å². The van der Waals surface area contributed by atoms with Crippen LogP contribution in [0.5, 0.6) is 0 Å². The fourth-order valence-corrected chi connectivity index (χ4v) is 3.12. The van der Waals surface area contributed by atoms with Gasteiger partial charge in [0.15, 0.2) is 6.10 Å². The molecule has 0 aliphatic rings. The minimum absolute atomic E-state index is 0.483. The van der Waals surface area contributed by atoms with Gasteiger partial charge in [-0.3, -0.25) is 0 Å². The molecule has 0 radical (unpaired) electrons. The van der Waals surface area contributed by atoms with Crippen LogP contribution in [0, 0.1) is 0 Å². The van der Waals surface area contributed by atoms with Crippen molar-refractivity contribution in [2.75, 3.05) is 0 Å². The van der Waals surface area contributed by atoms with Gasteiger partial charge in [-0.1, -0.05) is 103 Å². The maximum atomic E-state index is 11.2. The van der Waals surface area contributed by atoms with Crippen LogP contribution >= 0.6 is 0 Å².